The van der Waals surface area contributed by atoms with E-state index in [0.29, 0.717) is 11.6 Å². The van der Waals surface area contributed by atoms with Crippen molar-refractivity contribution in [3.05, 3.63) is 47.0 Å². The van der Waals surface area contributed by atoms with Crippen LogP contribution in [0.2, 0.25) is 0 Å². The predicted molar refractivity (Wildman–Crippen MR) is 109 cm³/mol. The maximum atomic E-state index is 13.2. The number of halogens is 3. The Morgan fingerprint density at radius 2 is 1.78 bits per heavy atom. The number of carbonyl (C=O) groups is 1. The van der Waals surface area contributed by atoms with Gasteiger partial charge in [-0.15, -0.1) is 0 Å². The normalized spacial score (nSPS) is 11.8. The smallest absolute Gasteiger partial charge is 0.416 e. The number of hydrogen-bond donors (Lipinski definition) is 2. The summed E-state index contributed by atoms with van der Waals surface area (Å²) in [6.45, 7) is 2.43. The number of ether oxygens (including phenoxy) is 3. The summed E-state index contributed by atoms with van der Waals surface area (Å²) in [5.74, 6) is -1.32. The van der Waals surface area contributed by atoms with Crippen LogP contribution in [0.3, 0.4) is 0 Å². The van der Waals surface area contributed by atoms with Crippen LogP contribution in [-0.2, 0) is 25.7 Å². The lowest BCUT2D eigenvalue weighted by Crippen LogP contribution is -2.18. The summed E-state index contributed by atoms with van der Waals surface area (Å²) in [7, 11) is -2.99. The molecule has 0 amide bonds. The largest absolute Gasteiger partial charge is 0.489 e. The molecule has 0 aliphatic rings. The van der Waals surface area contributed by atoms with Crippen molar-refractivity contribution in [3.8, 4) is 11.5 Å². The molecule has 2 rings (SSSR count). The SMILES string of the molecule is COCCOc1ccc(C(F)(F)F)cc1NS(=O)(=O)c1ccc(C)c(OCC(=O)O)c1C. The van der Waals surface area contributed by atoms with E-state index >= 15 is 0 Å². The predicted octanol–water partition coefficient (Wildman–Crippen LogP) is 3.61. The standard InChI is InChI=1S/C20H22F3NO7S/c1-12-4-7-17(13(2)19(12)31-11-18(25)26)32(27,28)24-15-10-14(20(21,22)23)5-6-16(15)30-9-8-29-3/h4-7,10,24H,8-9,11H2,1-3H3,(H,25,26). The van der Waals surface area contributed by atoms with E-state index in [1.54, 1.807) is 6.92 Å². The van der Waals surface area contributed by atoms with Crippen molar-refractivity contribution in [3.63, 3.8) is 0 Å². The number of carboxylic acids is 1. The Labute approximate surface area is 183 Å². The Kier molecular flexibility index (Phi) is 7.97. The highest BCUT2D eigenvalue weighted by atomic mass is 32.2. The zero-order chi connectivity index (χ0) is 24.1. The summed E-state index contributed by atoms with van der Waals surface area (Å²) in [6, 6.07) is 5.07. The van der Waals surface area contributed by atoms with Gasteiger partial charge in [0, 0.05) is 12.7 Å². The maximum absolute atomic E-state index is 13.2. The molecule has 2 aromatic rings. The molecule has 0 aliphatic heterocycles. The Balaban J connectivity index is 2.48. The number of methoxy groups -OCH3 is 1. The number of carboxylic acid groups (broad SMARTS) is 1. The number of nitrogens with one attached hydrogen (secondary N) is 1. The van der Waals surface area contributed by atoms with Crippen LogP contribution in [0.4, 0.5) is 18.9 Å². The first-order valence-electron chi connectivity index (χ1n) is 9.17. The van der Waals surface area contributed by atoms with Crippen molar-refractivity contribution in [2.75, 3.05) is 31.7 Å². The molecule has 0 saturated heterocycles. The number of sulfonamides is 1. The molecule has 0 unspecified atom stereocenters. The van der Waals surface area contributed by atoms with Crippen LogP contribution in [0.1, 0.15) is 16.7 Å². The van der Waals surface area contributed by atoms with Gasteiger partial charge in [0.25, 0.3) is 10.0 Å². The molecule has 0 heterocycles. The third kappa shape index (κ3) is 6.26. The second-order valence-electron chi connectivity index (χ2n) is 6.67. The van der Waals surface area contributed by atoms with Gasteiger partial charge < -0.3 is 19.3 Å². The Morgan fingerprint density at radius 3 is 2.38 bits per heavy atom. The number of anilines is 1. The minimum absolute atomic E-state index is 0.0205. The molecule has 2 aromatic carbocycles. The topological polar surface area (TPSA) is 111 Å². The van der Waals surface area contributed by atoms with Gasteiger partial charge in [-0.25, -0.2) is 13.2 Å². The fourth-order valence-electron chi connectivity index (χ4n) is 2.80. The molecule has 0 spiro atoms. The van der Waals surface area contributed by atoms with Crippen LogP contribution in [0.15, 0.2) is 35.2 Å². The van der Waals surface area contributed by atoms with Gasteiger partial charge in [0.05, 0.1) is 22.8 Å². The van der Waals surface area contributed by atoms with Crippen molar-refractivity contribution in [2.24, 2.45) is 0 Å². The summed E-state index contributed by atoms with van der Waals surface area (Å²) in [6.07, 6.45) is -4.71. The molecule has 8 nitrogen and oxygen atoms in total. The summed E-state index contributed by atoms with van der Waals surface area (Å²) >= 11 is 0. The van der Waals surface area contributed by atoms with E-state index in [4.69, 9.17) is 19.3 Å². The molecule has 0 aliphatic carbocycles. The number of alkyl halides is 3. The Morgan fingerprint density at radius 1 is 1.09 bits per heavy atom. The van der Waals surface area contributed by atoms with E-state index in [-0.39, 0.29) is 35.2 Å². The number of benzene rings is 2. The molecule has 0 saturated carbocycles. The number of rotatable bonds is 10. The molecule has 0 fully saturated rings. The molecular weight excluding hydrogens is 455 g/mol. The molecule has 0 radical (unpaired) electrons. The molecule has 2 N–H and O–H groups in total. The van der Waals surface area contributed by atoms with E-state index < -0.39 is 40.0 Å². The fourth-order valence-corrected chi connectivity index (χ4v) is 4.10. The lowest BCUT2D eigenvalue weighted by atomic mass is 10.1. The van der Waals surface area contributed by atoms with Crippen LogP contribution in [0.5, 0.6) is 11.5 Å². The zero-order valence-corrected chi connectivity index (χ0v) is 18.3. The first-order chi connectivity index (χ1) is 14.9. The lowest BCUT2D eigenvalue weighted by Gasteiger charge is -2.18. The minimum Gasteiger partial charge on any atom is -0.489 e. The van der Waals surface area contributed by atoms with Crippen LogP contribution < -0.4 is 14.2 Å². The molecular formula is C20H22F3NO7S. The van der Waals surface area contributed by atoms with E-state index in [2.05, 4.69) is 4.72 Å². The third-order valence-corrected chi connectivity index (χ3v) is 5.79. The summed E-state index contributed by atoms with van der Waals surface area (Å²) in [4.78, 5) is 10.5. The minimum atomic E-state index is -4.71. The molecule has 0 atom stereocenters. The zero-order valence-electron chi connectivity index (χ0n) is 17.4. The van der Waals surface area contributed by atoms with Gasteiger partial charge in [0.1, 0.15) is 18.1 Å². The maximum Gasteiger partial charge on any atom is 0.416 e. The van der Waals surface area contributed by atoms with E-state index in [9.17, 15) is 26.4 Å². The average Bonchev–Trinajstić information content (AvgIpc) is 2.67. The van der Waals surface area contributed by atoms with Gasteiger partial charge in [0.15, 0.2) is 6.61 Å². The van der Waals surface area contributed by atoms with Crippen molar-refractivity contribution in [1.82, 2.24) is 0 Å². The summed E-state index contributed by atoms with van der Waals surface area (Å²) < 4.78 is 83.1. The van der Waals surface area contributed by atoms with Gasteiger partial charge in [-0.1, -0.05) is 6.07 Å². The van der Waals surface area contributed by atoms with Gasteiger partial charge >= 0.3 is 12.1 Å². The second kappa shape index (κ2) is 10.1. The second-order valence-corrected chi connectivity index (χ2v) is 8.32. The quantitative estimate of drug-likeness (QED) is 0.503. The molecule has 32 heavy (non-hydrogen) atoms. The number of aliphatic carboxylic acids is 1. The van der Waals surface area contributed by atoms with E-state index in [0.717, 1.165) is 12.1 Å². The fraction of sp³-hybridized carbons (Fsp3) is 0.350. The van der Waals surface area contributed by atoms with Gasteiger partial charge in [-0.2, -0.15) is 13.2 Å². The molecule has 176 valence electrons. The molecule has 12 heteroatoms. The summed E-state index contributed by atoms with van der Waals surface area (Å²) in [5.41, 5.74) is -0.887. The van der Waals surface area contributed by atoms with Gasteiger partial charge in [0.2, 0.25) is 0 Å². The van der Waals surface area contributed by atoms with Crippen molar-refractivity contribution >= 4 is 21.7 Å². The molecule has 0 bridgehead atoms. The number of aryl methyl sites for hydroxylation is 1. The highest BCUT2D eigenvalue weighted by Gasteiger charge is 2.32. The van der Waals surface area contributed by atoms with Crippen LogP contribution in [0, 0.1) is 13.8 Å². The van der Waals surface area contributed by atoms with E-state index in [1.165, 1.54) is 26.2 Å². The van der Waals surface area contributed by atoms with Gasteiger partial charge in [-0.05, 0) is 43.7 Å². The highest BCUT2D eigenvalue weighted by Crippen LogP contribution is 2.37. The Hall–Kier alpha value is -2.99. The highest BCUT2D eigenvalue weighted by molar-refractivity contribution is 7.92. The van der Waals surface area contributed by atoms with Crippen molar-refractivity contribution in [2.45, 2.75) is 24.9 Å². The van der Waals surface area contributed by atoms with Crippen LogP contribution >= 0.6 is 0 Å². The monoisotopic (exact) mass is 477 g/mol. The number of hydrogen-bond acceptors (Lipinski definition) is 6. The van der Waals surface area contributed by atoms with Gasteiger partial charge in [-0.3, -0.25) is 4.72 Å². The third-order valence-electron chi connectivity index (χ3n) is 4.28. The molecule has 0 aromatic heterocycles. The van der Waals surface area contributed by atoms with Crippen molar-refractivity contribution in [1.29, 1.82) is 0 Å². The first kappa shape index (κ1) is 25.3. The van der Waals surface area contributed by atoms with E-state index in [1.807, 2.05) is 0 Å². The Bertz CT molecular complexity index is 1090. The lowest BCUT2D eigenvalue weighted by molar-refractivity contribution is -0.139. The summed E-state index contributed by atoms with van der Waals surface area (Å²) in [5, 5.41) is 8.82. The first-order valence-corrected chi connectivity index (χ1v) is 10.7. The average molecular weight is 477 g/mol. The van der Waals surface area contributed by atoms with Crippen molar-refractivity contribution < 1.29 is 45.7 Å². The van der Waals surface area contributed by atoms with Crippen LogP contribution in [-0.4, -0.2) is 46.4 Å². The van der Waals surface area contributed by atoms with Crippen LogP contribution in [0.25, 0.3) is 0 Å².